The van der Waals surface area contributed by atoms with Crippen molar-refractivity contribution < 1.29 is 9.53 Å². The van der Waals surface area contributed by atoms with Gasteiger partial charge in [0.15, 0.2) is 0 Å². The molecule has 0 heterocycles. The first-order valence-corrected chi connectivity index (χ1v) is 6.47. The first kappa shape index (κ1) is 11.8. The van der Waals surface area contributed by atoms with Gasteiger partial charge in [0.05, 0.1) is 12.1 Å². The Bertz CT molecular complexity index is 390. The highest BCUT2D eigenvalue weighted by Gasteiger charge is 2.37. The third-order valence-corrected chi connectivity index (χ3v) is 4.46. The molecular weight excluding hydrogens is 244 g/mol. The van der Waals surface area contributed by atoms with E-state index in [1.54, 1.807) is 0 Å². The van der Waals surface area contributed by atoms with Gasteiger partial charge in [0, 0.05) is 4.90 Å². The molecule has 86 valence electrons. The average Bonchev–Trinajstić information content (AvgIpc) is 3.11. The highest BCUT2D eigenvalue weighted by molar-refractivity contribution is 8.00. The maximum atomic E-state index is 11.6. The molecule has 0 N–H and O–H groups in total. The fourth-order valence-electron chi connectivity index (χ4n) is 1.53. The van der Waals surface area contributed by atoms with Crippen molar-refractivity contribution in [3.63, 3.8) is 0 Å². The number of methoxy groups -OCH3 is 1. The van der Waals surface area contributed by atoms with Gasteiger partial charge in [-0.15, -0.1) is 11.8 Å². The zero-order valence-electron chi connectivity index (χ0n) is 8.98. The Morgan fingerprint density at radius 3 is 2.75 bits per heavy atom. The molecule has 1 aliphatic rings. The minimum absolute atomic E-state index is 0.107. The number of hydrogen-bond donors (Lipinski definition) is 0. The van der Waals surface area contributed by atoms with Crippen LogP contribution in [0, 0.1) is 5.92 Å². The fourth-order valence-corrected chi connectivity index (χ4v) is 3.07. The molecule has 1 saturated carbocycles. The molecule has 0 aromatic heterocycles. The molecule has 0 radical (unpaired) electrons. The van der Waals surface area contributed by atoms with Gasteiger partial charge in [-0.25, -0.2) is 0 Å². The van der Waals surface area contributed by atoms with Crippen molar-refractivity contribution in [3.05, 3.63) is 29.3 Å². The van der Waals surface area contributed by atoms with Crippen molar-refractivity contribution in [1.82, 2.24) is 0 Å². The van der Waals surface area contributed by atoms with Crippen molar-refractivity contribution in [2.24, 2.45) is 5.92 Å². The molecule has 1 aromatic carbocycles. The van der Waals surface area contributed by atoms with E-state index in [1.165, 1.54) is 18.9 Å². The second-order valence-corrected chi connectivity index (χ2v) is 5.42. The number of esters is 1. The molecule has 0 spiro atoms. The predicted molar refractivity (Wildman–Crippen MR) is 65.8 cm³/mol. The third-order valence-electron chi connectivity index (χ3n) is 2.57. The molecule has 0 aliphatic heterocycles. The first-order chi connectivity index (χ1) is 7.72. The Labute approximate surface area is 104 Å². The number of rotatable bonds is 4. The van der Waals surface area contributed by atoms with E-state index >= 15 is 0 Å². The van der Waals surface area contributed by atoms with Crippen molar-refractivity contribution in [3.8, 4) is 0 Å². The molecule has 0 amide bonds. The summed E-state index contributed by atoms with van der Waals surface area (Å²) in [7, 11) is 1.44. The van der Waals surface area contributed by atoms with E-state index in [0.717, 1.165) is 17.7 Å². The topological polar surface area (TPSA) is 26.3 Å². The van der Waals surface area contributed by atoms with E-state index in [-0.39, 0.29) is 11.2 Å². The third kappa shape index (κ3) is 2.71. The van der Waals surface area contributed by atoms with Gasteiger partial charge in [-0.05, 0) is 30.9 Å². The molecule has 1 aromatic rings. The molecule has 0 bridgehead atoms. The lowest BCUT2D eigenvalue weighted by atomic mass is 10.3. The van der Waals surface area contributed by atoms with Crippen LogP contribution in [0.3, 0.4) is 0 Å². The average molecular weight is 257 g/mol. The number of ether oxygens (including phenoxy) is 1. The van der Waals surface area contributed by atoms with E-state index in [1.807, 2.05) is 24.3 Å². The smallest absolute Gasteiger partial charge is 0.319 e. The molecule has 2 nitrogen and oxygen atoms in total. The highest BCUT2D eigenvalue weighted by atomic mass is 35.5. The second-order valence-electron chi connectivity index (χ2n) is 3.83. The standard InChI is InChI=1S/C12H13ClO2S/c1-15-12(14)11(8-6-7-8)16-10-5-3-2-4-9(10)13/h2-5,8,11H,6-7H2,1H3. The van der Waals surface area contributed by atoms with Gasteiger partial charge >= 0.3 is 5.97 Å². The van der Waals surface area contributed by atoms with Crippen molar-refractivity contribution >= 4 is 29.3 Å². The summed E-state index contributed by atoms with van der Waals surface area (Å²) in [6.07, 6.45) is 2.22. The molecule has 16 heavy (non-hydrogen) atoms. The van der Waals surface area contributed by atoms with E-state index in [9.17, 15) is 4.79 Å². The summed E-state index contributed by atoms with van der Waals surface area (Å²) in [5, 5.41) is 0.590. The van der Waals surface area contributed by atoms with Gasteiger partial charge in [-0.2, -0.15) is 0 Å². The quantitative estimate of drug-likeness (QED) is 0.610. The summed E-state index contributed by atoms with van der Waals surface area (Å²) in [4.78, 5) is 12.6. The molecule has 2 rings (SSSR count). The largest absolute Gasteiger partial charge is 0.468 e. The number of benzene rings is 1. The fraction of sp³-hybridized carbons (Fsp3) is 0.417. The van der Waals surface area contributed by atoms with Crippen LogP contribution in [0.5, 0.6) is 0 Å². The van der Waals surface area contributed by atoms with E-state index in [4.69, 9.17) is 16.3 Å². The van der Waals surface area contributed by atoms with Gasteiger partial charge in [0.2, 0.25) is 0 Å². The first-order valence-electron chi connectivity index (χ1n) is 5.21. The highest BCUT2D eigenvalue weighted by Crippen LogP contribution is 2.43. The summed E-state index contributed by atoms with van der Waals surface area (Å²) < 4.78 is 4.82. The Kier molecular flexibility index (Phi) is 3.77. The van der Waals surface area contributed by atoms with E-state index < -0.39 is 0 Å². The number of carbonyl (C=O) groups is 1. The van der Waals surface area contributed by atoms with Crippen molar-refractivity contribution in [2.45, 2.75) is 23.0 Å². The lowest BCUT2D eigenvalue weighted by Crippen LogP contribution is -2.20. The van der Waals surface area contributed by atoms with Crippen LogP contribution in [-0.4, -0.2) is 18.3 Å². The summed E-state index contributed by atoms with van der Waals surface area (Å²) in [6, 6.07) is 7.59. The molecular formula is C12H13ClO2S. The molecule has 1 fully saturated rings. The zero-order chi connectivity index (χ0) is 11.5. The van der Waals surface area contributed by atoms with Crippen molar-refractivity contribution in [1.29, 1.82) is 0 Å². The molecule has 1 aliphatic carbocycles. The minimum atomic E-state index is -0.146. The Morgan fingerprint density at radius 2 is 2.19 bits per heavy atom. The molecule has 1 atom stereocenters. The van der Waals surface area contributed by atoms with Gasteiger partial charge in [-0.3, -0.25) is 4.79 Å². The number of hydrogen-bond acceptors (Lipinski definition) is 3. The maximum absolute atomic E-state index is 11.6. The van der Waals surface area contributed by atoms with Crippen LogP contribution in [0.25, 0.3) is 0 Å². The van der Waals surface area contributed by atoms with Gasteiger partial charge in [0.1, 0.15) is 5.25 Å². The van der Waals surface area contributed by atoms with Gasteiger partial charge in [0.25, 0.3) is 0 Å². The van der Waals surface area contributed by atoms with E-state index in [0.29, 0.717) is 10.9 Å². The summed E-state index contributed by atoms with van der Waals surface area (Å²) in [6.45, 7) is 0. The Hall–Kier alpha value is -0.670. The van der Waals surface area contributed by atoms with Crippen LogP contribution in [0.4, 0.5) is 0 Å². The lowest BCUT2D eigenvalue weighted by Gasteiger charge is -2.13. The Balaban J connectivity index is 2.11. The van der Waals surface area contributed by atoms with Crippen LogP contribution in [0.1, 0.15) is 12.8 Å². The molecule has 1 unspecified atom stereocenters. The molecule has 4 heteroatoms. The van der Waals surface area contributed by atoms with Crippen LogP contribution in [0.15, 0.2) is 29.2 Å². The normalized spacial score (nSPS) is 16.9. The SMILES string of the molecule is COC(=O)C(Sc1ccccc1Cl)C1CC1. The number of halogens is 1. The maximum Gasteiger partial charge on any atom is 0.319 e. The summed E-state index contributed by atoms with van der Waals surface area (Å²) in [5.41, 5.74) is 0. The van der Waals surface area contributed by atoms with Crippen LogP contribution < -0.4 is 0 Å². The van der Waals surface area contributed by atoms with Crippen molar-refractivity contribution in [2.75, 3.05) is 7.11 Å². The van der Waals surface area contributed by atoms with Gasteiger partial charge < -0.3 is 4.74 Å². The van der Waals surface area contributed by atoms with Crippen LogP contribution in [-0.2, 0) is 9.53 Å². The zero-order valence-corrected chi connectivity index (χ0v) is 10.6. The summed E-state index contributed by atoms with van der Waals surface area (Å²) in [5.74, 6) is 0.307. The Morgan fingerprint density at radius 1 is 1.50 bits per heavy atom. The van der Waals surface area contributed by atoms with Crippen LogP contribution >= 0.6 is 23.4 Å². The van der Waals surface area contributed by atoms with Crippen LogP contribution in [0.2, 0.25) is 5.02 Å². The van der Waals surface area contributed by atoms with Gasteiger partial charge in [-0.1, -0.05) is 23.7 Å². The second kappa shape index (κ2) is 5.11. The molecule has 0 saturated heterocycles. The predicted octanol–water partition coefficient (Wildman–Crippen LogP) is 3.38. The summed E-state index contributed by atoms with van der Waals surface area (Å²) >= 11 is 7.58. The lowest BCUT2D eigenvalue weighted by molar-refractivity contribution is -0.140. The number of carbonyl (C=O) groups excluding carboxylic acids is 1. The monoisotopic (exact) mass is 256 g/mol. The van der Waals surface area contributed by atoms with E-state index in [2.05, 4.69) is 0 Å². The number of thioether (sulfide) groups is 1. The minimum Gasteiger partial charge on any atom is -0.468 e.